The van der Waals surface area contributed by atoms with Crippen molar-refractivity contribution in [3.05, 3.63) is 122 Å². The van der Waals surface area contributed by atoms with Crippen LogP contribution in [0.2, 0.25) is 0 Å². The minimum atomic E-state index is -0.788. The lowest BCUT2D eigenvalue weighted by molar-refractivity contribution is -0.167. The zero-order chi connectivity index (χ0) is 59.2. The van der Waals surface area contributed by atoms with Crippen LogP contribution in [0.4, 0.5) is 0 Å². The van der Waals surface area contributed by atoms with E-state index < -0.39 is 6.10 Å². The van der Waals surface area contributed by atoms with Gasteiger partial charge in [0.05, 0.1) is 0 Å². The van der Waals surface area contributed by atoms with Gasteiger partial charge in [0.1, 0.15) is 13.2 Å². The summed E-state index contributed by atoms with van der Waals surface area (Å²) < 4.78 is 16.9. The van der Waals surface area contributed by atoms with Crippen molar-refractivity contribution in [2.24, 2.45) is 0 Å². The summed E-state index contributed by atoms with van der Waals surface area (Å²) in [5.74, 6) is -0.893. The number of hydrogen-bond acceptors (Lipinski definition) is 6. The molecule has 0 rings (SSSR count). The third-order valence-electron chi connectivity index (χ3n) is 14.7. The van der Waals surface area contributed by atoms with Crippen molar-refractivity contribution in [2.45, 2.75) is 329 Å². The van der Waals surface area contributed by atoms with E-state index in [0.717, 1.165) is 122 Å². The Kier molecular flexibility index (Phi) is 65.8. The smallest absolute Gasteiger partial charge is 0.306 e. The number of esters is 3. The van der Waals surface area contributed by atoms with E-state index >= 15 is 0 Å². The number of allylic oxidation sites excluding steroid dienone is 20. The molecule has 0 aromatic carbocycles. The average molecular weight is 1140 g/mol. The van der Waals surface area contributed by atoms with Gasteiger partial charge in [-0.2, -0.15) is 0 Å². The van der Waals surface area contributed by atoms with Crippen molar-refractivity contribution in [1.29, 1.82) is 0 Å². The fourth-order valence-corrected chi connectivity index (χ4v) is 9.51. The summed E-state index contributed by atoms with van der Waals surface area (Å²) in [5.41, 5.74) is 0. The highest BCUT2D eigenvalue weighted by Crippen LogP contribution is 2.16. The molecule has 6 heteroatoms. The van der Waals surface area contributed by atoms with Crippen molar-refractivity contribution < 1.29 is 28.6 Å². The van der Waals surface area contributed by atoms with Crippen LogP contribution >= 0.6 is 0 Å². The number of ether oxygens (including phenoxy) is 3. The van der Waals surface area contributed by atoms with Crippen LogP contribution in [-0.2, 0) is 28.6 Å². The highest BCUT2D eigenvalue weighted by Gasteiger charge is 2.19. The molecule has 1 unspecified atom stereocenters. The van der Waals surface area contributed by atoms with Crippen molar-refractivity contribution in [3.63, 3.8) is 0 Å². The number of hydrogen-bond donors (Lipinski definition) is 0. The predicted octanol–water partition coefficient (Wildman–Crippen LogP) is 23.9. The zero-order valence-electron chi connectivity index (χ0n) is 53.7. The van der Waals surface area contributed by atoms with Crippen molar-refractivity contribution in [3.8, 4) is 0 Å². The van der Waals surface area contributed by atoms with Gasteiger partial charge in [-0.05, 0) is 135 Å². The molecule has 0 heterocycles. The molecule has 0 aliphatic rings. The molecule has 1 atom stereocenters. The highest BCUT2D eigenvalue weighted by atomic mass is 16.6. The molecule has 82 heavy (non-hydrogen) atoms. The van der Waals surface area contributed by atoms with E-state index in [9.17, 15) is 14.4 Å². The van der Waals surface area contributed by atoms with Gasteiger partial charge in [0.15, 0.2) is 6.10 Å². The second-order valence-electron chi connectivity index (χ2n) is 22.7. The molecule has 468 valence electrons. The molecule has 0 spiro atoms. The number of carbonyl (C=O) groups is 3. The summed E-state index contributed by atoms with van der Waals surface area (Å²) in [6.07, 6.45) is 96.5. The molecular weight excluding hydrogens is 1010 g/mol. The maximum atomic E-state index is 12.9. The first-order chi connectivity index (χ1) is 40.5. The number of unbranched alkanes of at least 4 members (excludes halogenated alkanes) is 31. The van der Waals surface area contributed by atoms with Gasteiger partial charge in [-0.3, -0.25) is 14.4 Å². The Hall–Kier alpha value is -4.19. The Morgan fingerprint density at radius 1 is 0.256 bits per heavy atom. The van der Waals surface area contributed by atoms with Crippen LogP contribution in [0.3, 0.4) is 0 Å². The second-order valence-corrected chi connectivity index (χ2v) is 22.7. The molecule has 0 aromatic rings. The summed E-state index contributed by atoms with van der Waals surface area (Å²) in [4.78, 5) is 38.3. The first kappa shape index (κ1) is 77.8. The van der Waals surface area contributed by atoms with E-state index in [-0.39, 0.29) is 31.1 Å². The zero-order valence-corrected chi connectivity index (χ0v) is 53.7. The summed E-state index contributed by atoms with van der Waals surface area (Å²) in [7, 11) is 0. The molecule has 0 radical (unpaired) electrons. The number of rotatable bonds is 62. The number of carbonyl (C=O) groups excluding carboxylic acids is 3. The molecule has 0 bridgehead atoms. The Bertz CT molecular complexity index is 1690. The third-order valence-corrected chi connectivity index (χ3v) is 14.7. The molecule has 0 N–H and O–H groups in total. The summed E-state index contributed by atoms with van der Waals surface area (Å²) >= 11 is 0. The molecular formula is C76H128O6. The molecule has 0 saturated heterocycles. The van der Waals surface area contributed by atoms with Crippen LogP contribution in [0, 0.1) is 0 Å². The SMILES string of the molecule is CC/C=C\C/C=C\C/C=C\C/C=C\C/C=C\C/C=C\C/C=C\CCCCCCCCCCCCCCCC(=O)OCC(COC(=O)CCCCCCC/C=C\CCCCC)OC(=O)CCCCCCCCC/C=C\C/C=C\CCCCC. The minimum Gasteiger partial charge on any atom is -0.462 e. The normalized spacial score (nSPS) is 12.9. The van der Waals surface area contributed by atoms with E-state index in [4.69, 9.17) is 14.2 Å². The first-order valence-electron chi connectivity index (χ1n) is 34.5. The Labute approximate surface area is 507 Å². The van der Waals surface area contributed by atoms with Gasteiger partial charge in [0, 0.05) is 19.3 Å². The topological polar surface area (TPSA) is 78.9 Å². The highest BCUT2D eigenvalue weighted by molar-refractivity contribution is 5.71. The van der Waals surface area contributed by atoms with Crippen LogP contribution < -0.4 is 0 Å². The summed E-state index contributed by atoms with van der Waals surface area (Å²) in [6, 6.07) is 0. The van der Waals surface area contributed by atoms with E-state index in [1.54, 1.807) is 0 Å². The van der Waals surface area contributed by atoms with Crippen LogP contribution in [0.5, 0.6) is 0 Å². The maximum Gasteiger partial charge on any atom is 0.306 e. The van der Waals surface area contributed by atoms with Crippen LogP contribution in [0.15, 0.2) is 122 Å². The van der Waals surface area contributed by atoms with Crippen LogP contribution in [0.25, 0.3) is 0 Å². The molecule has 0 saturated carbocycles. The van der Waals surface area contributed by atoms with E-state index in [2.05, 4.69) is 142 Å². The third kappa shape index (κ3) is 66.6. The van der Waals surface area contributed by atoms with Crippen molar-refractivity contribution in [2.75, 3.05) is 13.2 Å². The summed E-state index contributed by atoms with van der Waals surface area (Å²) in [6.45, 7) is 6.48. The summed E-state index contributed by atoms with van der Waals surface area (Å²) in [5, 5.41) is 0. The van der Waals surface area contributed by atoms with Gasteiger partial charge < -0.3 is 14.2 Å². The quantitative estimate of drug-likeness (QED) is 0.0261. The lowest BCUT2D eigenvalue weighted by Gasteiger charge is -2.18. The molecule has 0 fully saturated rings. The van der Waals surface area contributed by atoms with Gasteiger partial charge in [-0.25, -0.2) is 0 Å². The Morgan fingerprint density at radius 3 is 0.756 bits per heavy atom. The maximum absolute atomic E-state index is 12.9. The average Bonchev–Trinajstić information content (AvgIpc) is 3.47. The van der Waals surface area contributed by atoms with E-state index in [1.807, 2.05) is 0 Å². The monoisotopic (exact) mass is 1140 g/mol. The molecule has 0 amide bonds. The first-order valence-corrected chi connectivity index (χ1v) is 34.5. The molecule has 0 aliphatic heterocycles. The lowest BCUT2D eigenvalue weighted by Crippen LogP contribution is -2.30. The lowest BCUT2D eigenvalue weighted by atomic mass is 10.0. The molecule has 6 nitrogen and oxygen atoms in total. The van der Waals surface area contributed by atoms with Gasteiger partial charge >= 0.3 is 17.9 Å². The fraction of sp³-hybridized carbons (Fsp3) is 0.697. The van der Waals surface area contributed by atoms with Crippen LogP contribution in [-0.4, -0.2) is 37.2 Å². The van der Waals surface area contributed by atoms with Gasteiger partial charge in [0.2, 0.25) is 0 Å². The Morgan fingerprint density at radius 2 is 0.476 bits per heavy atom. The Balaban J connectivity index is 4.19. The van der Waals surface area contributed by atoms with E-state index in [0.29, 0.717) is 19.3 Å². The van der Waals surface area contributed by atoms with Gasteiger partial charge in [-0.15, -0.1) is 0 Å². The second kappa shape index (κ2) is 69.3. The molecule has 0 aromatic heterocycles. The van der Waals surface area contributed by atoms with Crippen molar-refractivity contribution in [1.82, 2.24) is 0 Å². The predicted molar refractivity (Wildman–Crippen MR) is 357 cm³/mol. The van der Waals surface area contributed by atoms with Gasteiger partial charge in [0.25, 0.3) is 0 Å². The fourth-order valence-electron chi connectivity index (χ4n) is 9.51. The molecule has 0 aliphatic carbocycles. The van der Waals surface area contributed by atoms with E-state index in [1.165, 1.54) is 161 Å². The largest absolute Gasteiger partial charge is 0.462 e. The van der Waals surface area contributed by atoms with Gasteiger partial charge in [-0.1, -0.05) is 290 Å². The minimum absolute atomic E-state index is 0.0838. The van der Waals surface area contributed by atoms with Crippen LogP contribution in [0.1, 0.15) is 323 Å². The van der Waals surface area contributed by atoms with Crippen molar-refractivity contribution >= 4 is 17.9 Å². The standard InChI is InChI=1S/C76H128O6/c1-4-7-10-13-16-19-22-25-27-29-30-31-32-33-34-35-36-37-38-39-40-41-42-43-44-45-46-48-49-51-54-57-60-63-66-69-75(78)81-72-73(71-80-74(77)68-65-62-59-56-53-24-21-18-15-12-9-6-3)82-76(79)70-67-64-61-58-55-52-50-47-28-26-23-20-17-14-11-8-5-2/h7,10,16-21,25-28,30-31,33-34,36-37,39-40,73H,4-6,8-9,11-15,22-24,29,32,35,38,41-72H2,1-3H3/b10-7-,19-16-,20-17-,21-18-,27-25-,28-26-,31-30-,34-33-,37-36-,40-39-.